The second-order valence-corrected chi connectivity index (χ2v) is 6.61. The molecule has 96 valence electrons. The first-order chi connectivity index (χ1) is 8.06. The third-order valence-corrected chi connectivity index (χ3v) is 5.05. The Bertz CT molecular complexity index is 361. The molecule has 1 saturated carbocycles. The van der Waals surface area contributed by atoms with Gasteiger partial charge in [-0.25, -0.2) is 4.98 Å². The minimum absolute atomic E-state index is 0.398. The molecule has 1 aliphatic rings. The average Bonchev–Trinajstić information content (AvgIpc) is 2.69. The lowest BCUT2D eigenvalue weighted by Gasteiger charge is -2.34. The molecule has 0 saturated heterocycles. The Morgan fingerprint density at radius 2 is 2.18 bits per heavy atom. The summed E-state index contributed by atoms with van der Waals surface area (Å²) < 4.78 is 0. The van der Waals surface area contributed by atoms with E-state index < -0.39 is 0 Å². The van der Waals surface area contributed by atoms with Crippen molar-refractivity contribution >= 4 is 11.3 Å². The lowest BCUT2D eigenvalue weighted by molar-refractivity contribution is 0.216. The predicted molar refractivity (Wildman–Crippen MR) is 74.4 cm³/mol. The topological polar surface area (TPSA) is 24.9 Å². The molecule has 1 aromatic rings. The van der Waals surface area contributed by atoms with E-state index in [2.05, 4.69) is 43.4 Å². The molecule has 2 rings (SSSR count). The van der Waals surface area contributed by atoms with Crippen LogP contribution in [0.4, 0.5) is 0 Å². The second-order valence-electron chi connectivity index (χ2n) is 5.72. The molecule has 2 nitrogen and oxygen atoms in total. The Balaban J connectivity index is 1.92. The van der Waals surface area contributed by atoms with Gasteiger partial charge in [-0.15, -0.1) is 11.3 Å². The van der Waals surface area contributed by atoms with Crippen LogP contribution in [0.2, 0.25) is 0 Å². The smallest absolute Gasteiger partial charge is 0.110 e. The van der Waals surface area contributed by atoms with E-state index in [0.29, 0.717) is 12.1 Å². The van der Waals surface area contributed by atoms with Gasteiger partial charge in [0.15, 0.2) is 0 Å². The van der Waals surface area contributed by atoms with Gasteiger partial charge in [0.05, 0.1) is 6.04 Å². The molecular formula is C14H24N2S. The highest BCUT2D eigenvalue weighted by atomic mass is 32.1. The molecule has 1 aliphatic carbocycles. The summed E-state index contributed by atoms with van der Waals surface area (Å²) in [5.74, 6) is 1.70. The number of hydrogen-bond donors (Lipinski definition) is 1. The van der Waals surface area contributed by atoms with Crippen LogP contribution in [0.1, 0.15) is 56.8 Å². The molecule has 1 aromatic heterocycles. The maximum absolute atomic E-state index is 4.57. The number of aromatic nitrogens is 1. The summed E-state index contributed by atoms with van der Waals surface area (Å²) in [7, 11) is 0. The molecule has 0 aromatic carbocycles. The third kappa shape index (κ3) is 3.29. The fraction of sp³-hybridized carbons (Fsp3) is 0.786. The zero-order chi connectivity index (χ0) is 12.4. The minimum Gasteiger partial charge on any atom is -0.305 e. The van der Waals surface area contributed by atoms with Crippen molar-refractivity contribution in [2.75, 3.05) is 0 Å². The Hall–Kier alpha value is -0.410. The molecule has 0 bridgehead atoms. The minimum atomic E-state index is 0.398. The first kappa shape index (κ1) is 13.0. The van der Waals surface area contributed by atoms with Crippen molar-refractivity contribution in [1.29, 1.82) is 0 Å². The van der Waals surface area contributed by atoms with Gasteiger partial charge in [0.2, 0.25) is 0 Å². The van der Waals surface area contributed by atoms with E-state index in [1.54, 1.807) is 11.3 Å². The summed E-state index contributed by atoms with van der Waals surface area (Å²) in [4.78, 5) is 4.57. The van der Waals surface area contributed by atoms with Gasteiger partial charge in [-0.2, -0.15) is 0 Å². The van der Waals surface area contributed by atoms with Crippen molar-refractivity contribution in [2.45, 2.75) is 59.0 Å². The summed E-state index contributed by atoms with van der Waals surface area (Å²) in [6, 6.07) is 1.07. The third-order valence-electron chi connectivity index (χ3n) is 3.90. The maximum atomic E-state index is 4.57. The Labute approximate surface area is 109 Å². The zero-order valence-electron chi connectivity index (χ0n) is 11.4. The molecule has 0 amide bonds. The SMILES string of the molecule is Cc1csc(C(C)NC2CCC(C)CC2C)n1. The van der Waals surface area contributed by atoms with Gasteiger partial charge in [-0.05, 0) is 44.9 Å². The van der Waals surface area contributed by atoms with E-state index in [1.165, 1.54) is 24.3 Å². The number of rotatable bonds is 3. The molecule has 1 N–H and O–H groups in total. The van der Waals surface area contributed by atoms with Crippen molar-refractivity contribution in [3.63, 3.8) is 0 Å². The first-order valence-corrected chi connectivity index (χ1v) is 7.62. The van der Waals surface area contributed by atoms with E-state index >= 15 is 0 Å². The molecule has 4 unspecified atom stereocenters. The molecule has 0 aliphatic heterocycles. The molecule has 3 heteroatoms. The van der Waals surface area contributed by atoms with Crippen molar-refractivity contribution < 1.29 is 0 Å². The van der Waals surface area contributed by atoms with E-state index in [1.807, 2.05) is 0 Å². The van der Waals surface area contributed by atoms with Crippen molar-refractivity contribution in [2.24, 2.45) is 11.8 Å². The molecule has 0 spiro atoms. The Morgan fingerprint density at radius 1 is 1.41 bits per heavy atom. The van der Waals surface area contributed by atoms with Crippen LogP contribution in [0, 0.1) is 18.8 Å². The summed E-state index contributed by atoms with van der Waals surface area (Å²) in [5, 5.41) is 7.14. The van der Waals surface area contributed by atoms with Gasteiger partial charge in [-0.1, -0.05) is 13.8 Å². The maximum Gasteiger partial charge on any atom is 0.110 e. The number of aryl methyl sites for hydroxylation is 1. The highest BCUT2D eigenvalue weighted by Gasteiger charge is 2.26. The van der Waals surface area contributed by atoms with Crippen LogP contribution in [-0.4, -0.2) is 11.0 Å². The van der Waals surface area contributed by atoms with Crippen molar-refractivity contribution in [3.05, 3.63) is 16.1 Å². The highest BCUT2D eigenvalue weighted by molar-refractivity contribution is 7.09. The second kappa shape index (κ2) is 5.49. The molecule has 4 atom stereocenters. The van der Waals surface area contributed by atoms with Gasteiger partial charge < -0.3 is 5.32 Å². The van der Waals surface area contributed by atoms with Gasteiger partial charge in [0.25, 0.3) is 0 Å². The fourth-order valence-corrected chi connectivity index (χ4v) is 3.69. The molecule has 0 radical (unpaired) electrons. The Morgan fingerprint density at radius 3 is 2.76 bits per heavy atom. The number of nitrogens with zero attached hydrogens (tertiary/aromatic N) is 1. The summed E-state index contributed by atoms with van der Waals surface area (Å²) >= 11 is 1.77. The van der Waals surface area contributed by atoms with Gasteiger partial charge in [-0.3, -0.25) is 0 Å². The lowest BCUT2D eigenvalue weighted by Crippen LogP contribution is -2.40. The van der Waals surface area contributed by atoms with Crippen LogP contribution in [-0.2, 0) is 0 Å². The summed E-state index contributed by atoms with van der Waals surface area (Å²) in [6.45, 7) is 9.06. The standard InChI is InChI=1S/C14H24N2S/c1-9-5-6-13(10(2)7-9)16-12(4)14-15-11(3)8-17-14/h8-10,12-13,16H,5-7H2,1-4H3. The van der Waals surface area contributed by atoms with Crippen LogP contribution < -0.4 is 5.32 Å². The van der Waals surface area contributed by atoms with Gasteiger partial charge in [0.1, 0.15) is 5.01 Å². The molecule has 1 heterocycles. The fourth-order valence-electron chi connectivity index (χ4n) is 2.88. The van der Waals surface area contributed by atoms with Crippen LogP contribution in [0.25, 0.3) is 0 Å². The van der Waals surface area contributed by atoms with Gasteiger partial charge >= 0.3 is 0 Å². The molecular weight excluding hydrogens is 228 g/mol. The van der Waals surface area contributed by atoms with E-state index in [-0.39, 0.29) is 0 Å². The number of hydrogen-bond acceptors (Lipinski definition) is 3. The normalized spacial score (nSPS) is 31.4. The molecule has 17 heavy (non-hydrogen) atoms. The summed E-state index contributed by atoms with van der Waals surface area (Å²) in [5.41, 5.74) is 1.14. The van der Waals surface area contributed by atoms with Crippen LogP contribution >= 0.6 is 11.3 Å². The van der Waals surface area contributed by atoms with Gasteiger partial charge in [0, 0.05) is 17.1 Å². The number of thiazole rings is 1. The largest absolute Gasteiger partial charge is 0.305 e. The van der Waals surface area contributed by atoms with Crippen molar-refractivity contribution in [1.82, 2.24) is 10.3 Å². The lowest BCUT2D eigenvalue weighted by atomic mass is 9.79. The zero-order valence-corrected chi connectivity index (χ0v) is 12.2. The average molecular weight is 252 g/mol. The first-order valence-electron chi connectivity index (χ1n) is 6.74. The van der Waals surface area contributed by atoms with Crippen LogP contribution in [0.5, 0.6) is 0 Å². The summed E-state index contributed by atoms with van der Waals surface area (Å²) in [6.07, 6.45) is 4.05. The number of nitrogens with one attached hydrogen (secondary N) is 1. The van der Waals surface area contributed by atoms with Crippen molar-refractivity contribution in [3.8, 4) is 0 Å². The van der Waals surface area contributed by atoms with E-state index in [0.717, 1.165) is 17.5 Å². The van der Waals surface area contributed by atoms with Crippen LogP contribution in [0.15, 0.2) is 5.38 Å². The van der Waals surface area contributed by atoms with Crippen LogP contribution in [0.3, 0.4) is 0 Å². The van der Waals surface area contributed by atoms with E-state index in [4.69, 9.17) is 0 Å². The van der Waals surface area contributed by atoms with E-state index in [9.17, 15) is 0 Å². The predicted octanol–water partition coefficient (Wildman–Crippen LogP) is 3.93. The Kier molecular flexibility index (Phi) is 4.21. The highest BCUT2D eigenvalue weighted by Crippen LogP contribution is 2.30. The monoisotopic (exact) mass is 252 g/mol. The molecule has 1 fully saturated rings. The quantitative estimate of drug-likeness (QED) is 0.881.